The molecule has 0 radical (unpaired) electrons. The molecule has 1 aliphatic rings. The summed E-state index contributed by atoms with van der Waals surface area (Å²) in [5.74, 6) is 1.47. The van der Waals surface area contributed by atoms with Gasteiger partial charge in [-0.15, -0.1) is 0 Å². The lowest BCUT2D eigenvalue weighted by molar-refractivity contribution is 0.726. The molecule has 3 heteroatoms. The van der Waals surface area contributed by atoms with Crippen LogP contribution >= 0.6 is 0 Å². The molecule has 1 aliphatic heterocycles. The molecule has 0 aliphatic carbocycles. The topological polar surface area (TPSA) is 29.9 Å². The summed E-state index contributed by atoms with van der Waals surface area (Å²) in [6, 6.07) is 28.4. The molecular formula is C29H31N3. The van der Waals surface area contributed by atoms with E-state index in [0.29, 0.717) is 0 Å². The lowest BCUT2D eigenvalue weighted by Crippen LogP contribution is -2.09. The second-order valence-corrected chi connectivity index (χ2v) is 8.94. The number of anilines is 1. The average molecular weight is 422 g/mol. The summed E-state index contributed by atoms with van der Waals surface area (Å²) in [5, 5.41) is 8.96. The molecule has 0 saturated carbocycles. The molecule has 0 amide bonds. The van der Waals surface area contributed by atoms with Crippen LogP contribution in [-0.2, 0) is 12.8 Å². The maximum Gasteiger partial charge on any atom is 0.133 e. The van der Waals surface area contributed by atoms with Crippen molar-refractivity contribution in [1.82, 2.24) is 9.78 Å². The number of aryl methyl sites for hydroxylation is 2. The highest BCUT2D eigenvalue weighted by molar-refractivity contribution is 5.57. The highest BCUT2D eigenvalue weighted by Gasteiger charge is 2.25. The number of nitrogens with one attached hydrogen (secondary N) is 1. The van der Waals surface area contributed by atoms with Crippen LogP contribution in [0.1, 0.15) is 52.3 Å². The first-order chi connectivity index (χ1) is 15.7. The molecule has 1 aromatic heterocycles. The molecule has 0 fully saturated rings. The fraction of sp³-hybridized carbons (Fsp3) is 0.276. The molecule has 5 rings (SSSR count). The molecule has 0 spiro atoms. The maximum absolute atomic E-state index is 5.25. The minimum atomic E-state index is 0.284. The van der Waals surface area contributed by atoms with E-state index in [1.54, 1.807) is 0 Å². The van der Waals surface area contributed by atoms with Gasteiger partial charge in [0.1, 0.15) is 5.82 Å². The first-order valence-corrected chi connectivity index (χ1v) is 11.7. The fourth-order valence-corrected chi connectivity index (χ4v) is 4.85. The van der Waals surface area contributed by atoms with Crippen LogP contribution in [0.3, 0.4) is 0 Å². The molecule has 0 atom stereocenters. The summed E-state index contributed by atoms with van der Waals surface area (Å²) in [6.45, 7) is 5.33. The van der Waals surface area contributed by atoms with Crippen molar-refractivity contribution in [3.63, 3.8) is 0 Å². The van der Waals surface area contributed by atoms with Crippen LogP contribution in [-0.4, -0.2) is 16.3 Å². The minimum absolute atomic E-state index is 0.284. The third kappa shape index (κ3) is 4.08. The molecule has 4 aromatic rings. The van der Waals surface area contributed by atoms with Crippen LogP contribution < -0.4 is 5.32 Å². The van der Waals surface area contributed by atoms with Crippen molar-refractivity contribution in [3.8, 4) is 5.69 Å². The fourth-order valence-electron chi connectivity index (χ4n) is 4.85. The number of rotatable bonds is 5. The van der Waals surface area contributed by atoms with Gasteiger partial charge in [0.25, 0.3) is 0 Å². The number of fused-ring (bicyclic) bond motifs is 1. The summed E-state index contributed by atoms with van der Waals surface area (Å²) >= 11 is 0. The quantitative estimate of drug-likeness (QED) is 0.393. The summed E-state index contributed by atoms with van der Waals surface area (Å²) in [5.41, 5.74) is 8.98. The molecule has 0 bridgehead atoms. The zero-order valence-corrected chi connectivity index (χ0v) is 19.0. The van der Waals surface area contributed by atoms with Crippen LogP contribution in [0.4, 0.5) is 5.82 Å². The summed E-state index contributed by atoms with van der Waals surface area (Å²) in [4.78, 5) is 0. The van der Waals surface area contributed by atoms with E-state index < -0.39 is 0 Å². The van der Waals surface area contributed by atoms with Crippen molar-refractivity contribution >= 4 is 5.82 Å². The molecule has 162 valence electrons. The SMILES string of the molecule is Cc1ccc(C)c(-n2nc(CC(c3ccccc3)c3ccccc3)c3c2NCCCC3)c1. The Kier molecular flexibility index (Phi) is 5.81. The lowest BCUT2D eigenvalue weighted by atomic mass is 9.86. The van der Waals surface area contributed by atoms with Crippen molar-refractivity contribution < 1.29 is 0 Å². The predicted molar refractivity (Wildman–Crippen MR) is 133 cm³/mol. The van der Waals surface area contributed by atoms with Gasteiger partial charge in [-0.25, -0.2) is 4.68 Å². The van der Waals surface area contributed by atoms with Gasteiger partial charge in [0, 0.05) is 24.4 Å². The molecule has 0 unspecified atom stereocenters. The Hall–Kier alpha value is -3.33. The van der Waals surface area contributed by atoms with Crippen molar-refractivity contribution in [1.29, 1.82) is 0 Å². The summed E-state index contributed by atoms with van der Waals surface area (Å²) in [6.07, 6.45) is 4.38. The first kappa shape index (κ1) is 20.6. The van der Waals surface area contributed by atoms with Crippen LogP contribution in [0.25, 0.3) is 5.69 Å². The molecule has 3 nitrogen and oxygen atoms in total. The molecule has 3 aromatic carbocycles. The Morgan fingerprint density at radius 2 is 1.56 bits per heavy atom. The monoisotopic (exact) mass is 421 g/mol. The number of aromatic nitrogens is 2. The van der Waals surface area contributed by atoms with Crippen molar-refractivity contribution in [3.05, 3.63) is 112 Å². The Bertz CT molecular complexity index is 1150. The van der Waals surface area contributed by atoms with E-state index in [4.69, 9.17) is 5.10 Å². The predicted octanol–water partition coefficient (Wildman–Crippen LogP) is 6.61. The van der Waals surface area contributed by atoms with E-state index in [1.165, 1.54) is 57.9 Å². The number of nitrogens with zero attached hydrogens (tertiary/aromatic N) is 2. The Labute approximate surface area is 191 Å². The number of benzene rings is 3. The van der Waals surface area contributed by atoms with Crippen molar-refractivity contribution in [2.75, 3.05) is 11.9 Å². The van der Waals surface area contributed by atoms with Crippen LogP contribution in [0, 0.1) is 13.8 Å². The van der Waals surface area contributed by atoms with Gasteiger partial charge < -0.3 is 5.32 Å². The second kappa shape index (κ2) is 9.04. The Morgan fingerprint density at radius 1 is 0.875 bits per heavy atom. The van der Waals surface area contributed by atoms with E-state index in [1.807, 2.05) is 0 Å². The van der Waals surface area contributed by atoms with Gasteiger partial charge in [0.05, 0.1) is 11.4 Å². The van der Waals surface area contributed by atoms with Gasteiger partial charge >= 0.3 is 0 Å². The van der Waals surface area contributed by atoms with E-state index in [2.05, 4.69) is 103 Å². The Balaban J connectivity index is 1.62. The van der Waals surface area contributed by atoms with Gasteiger partial charge in [-0.2, -0.15) is 5.10 Å². The molecule has 32 heavy (non-hydrogen) atoms. The zero-order valence-electron chi connectivity index (χ0n) is 19.0. The lowest BCUT2D eigenvalue weighted by Gasteiger charge is -2.18. The highest BCUT2D eigenvalue weighted by Crippen LogP contribution is 2.34. The zero-order chi connectivity index (χ0) is 21.9. The van der Waals surface area contributed by atoms with Crippen molar-refractivity contribution in [2.24, 2.45) is 0 Å². The maximum atomic E-state index is 5.25. The number of hydrogen-bond donors (Lipinski definition) is 1. The molecule has 0 saturated heterocycles. The first-order valence-electron chi connectivity index (χ1n) is 11.7. The van der Waals surface area contributed by atoms with E-state index >= 15 is 0 Å². The van der Waals surface area contributed by atoms with Gasteiger partial charge in [0.15, 0.2) is 0 Å². The van der Waals surface area contributed by atoms with Crippen LogP contribution in [0.15, 0.2) is 78.9 Å². The third-order valence-corrected chi connectivity index (χ3v) is 6.61. The van der Waals surface area contributed by atoms with E-state index in [9.17, 15) is 0 Å². The smallest absolute Gasteiger partial charge is 0.133 e. The Morgan fingerprint density at radius 3 is 2.25 bits per heavy atom. The van der Waals surface area contributed by atoms with Gasteiger partial charge in [-0.05, 0) is 61.4 Å². The van der Waals surface area contributed by atoms with Gasteiger partial charge in [-0.3, -0.25) is 0 Å². The van der Waals surface area contributed by atoms with E-state index in [0.717, 1.165) is 19.4 Å². The number of hydrogen-bond acceptors (Lipinski definition) is 2. The largest absolute Gasteiger partial charge is 0.370 e. The highest BCUT2D eigenvalue weighted by atomic mass is 15.3. The van der Waals surface area contributed by atoms with Crippen LogP contribution in [0.2, 0.25) is 0 Å². The van der Waals surface area contributed by atoms with Crippen molar-refractivity contribution in [2.45, 2.75) is 45.4 Å². The van der Waals surface area contributed by atoms with Gasteiger partial charge in [-0.1, -0.05) is 72.8 Å². The normalized spacial score (nSPS) is 13.5. The molecular weight excluding hydrogens is 390 g/mol. The second-order valence-electron chi connectivity index (χ2n) is 8.94. The molecule has 2 heterocycles. The van der Waals surface area contributed by atoms with E-state index in [-0.39, 0.29) is 5.92 Å². The van der Waals surface area contributed by atoms with Crippen LogP contribution in [0.5, 0.6) is 0 Å². The third-order valence-electron chi connectivity index (χ3n) is 6.61. The summed E-state index contributed by atoms with van der Waals surface area (Å²) in [7, 11) is 0. The minimum Gasteiger partial charge on any atom is -0.370 e. The molecule has 1 N–H and O–H groups in total. The average Bonchev–Trinajstić information content (AvgIpc) is 2.99. The standard InChI is InChI=1S/C29H31N3/c1-21-16-17-22(2)28(19-21)32-29-25(15-9-10-18-30-29)27(31-32)20-26(23-11-5-3-6-12-23)24-13-7-4-8-14-24/h3-8,11-14,16-17,19,26,30H,9-10,15,18,20H2,1-2H3. The summed E-state index contributed by atoms with van der Waals surface area (Å²) < 4.78 is 2.17. The van der Waals surface area contributed by atoms with Gasteiger partial charge in [0.2, 0.25) is 0 Å².